The molecular formula is C21H31NO4. The molecule has 0 aromatic rings. The van der Waals surface area contributed by atoms with E-state index in [0.717, 1.165) is 44.5 Å². The van der Waals surface area contributed by atoms with Gasteiger partial charge in [0.15, 0.2) is 0 Å². The molecule has 0 spiro atoms. The van der Waals surface area contributed by atoms with E-state index >= 15 is 0 Å². The van der Waals surface area contributed by atoms with Crippen LogP contribution < -0.4 is 0 Å². The van der Waals surface area contributed by atoms with Crippen LogP contribution in [0.4, 0.5) is 0 Å². The summed E-state index contributed by atoms with van der Waals surface area (Å²) in [4.78, 5) is 27.1. The second-order valence-corrected chi connectivity index (χ2v) is 8.75. The quantitative estimate of drug-likeness (QED) is 0.720. The maximum atomic E-state index is 12.5. The Morgan fingerprint density at radius 3 is 2.65 bits per heavy atom. The van der Waals surface area contributed by atoms with E-state index in [2.05, 4.69) is 11.8 Å². The van der Waals surface area contributed by atoms with Crippen molar-refractivity contribution in [2.75, 3.05) is 26.2 Å². The van der Waals surface area contributed by atoms with Gasteiger partial charge in [0, 0.05) is 17.9 Å². The average molecular weight is 361 g/mol. The summed E-state index contributed by atoms with van der Waals surface area (Å²) in [7, 11) is 0. The minimum absolute atomic E-state index is 0.00831. The van der Waals surface area contributed by atoms with Gasteiger partial charge in [-0.15, -0.1) is 0 Å². The number of likely N-dealkylation sites (tertiary alicyclic amines) is 1. The molecule has 0 saturated carbocycles. The van der Waals surface area contributed by atoms with Crippen LogP contribution >= 0.6 is 0 Å². The fraction of sp³-hybridized carbons (Fsp3) is 0.714. The molecule has 0 aromatic heterocycles. The normalized spacial score (nSPS) is 25.0. The summed E-state index contributed by atoms with van der Waals surface area (Å²) >= 11 is 0. The number of hydrogen-bond acceptors (Lipinski definition) is 5. The fourth-order valence-electron chi connectivity index (χ4n) is 4.13. The zero-order chi connectivity index (χ0) is 18.9. The molecule has 1 atom stereocenters. The van der Waals surface area contributed by atoms with Gasteiger partial charge >= 0.3 is 5.97 Å². The number of ketones is 1. The van der Waals surface area contributed by atoms with E-state index in [4.69, 9.17) is 9.47 Å². The third kappa shape index (κ3) is 4.37. The highest BCUT2D eigenvalue weighted by atomic mass is 16.6. The largest absolute Gasteiger partial charge is 0.496 e. The Hall–Kier alpha value is -1.62. The summed E-state index contributed by atoms with van der Waals surface area (Å²) in [6.45, 7) is 11.1. The molecule has 1 saturated heterocycles. The number of allylic oxidation sites excluding steroid dienone is 1. The highest BCUT2D eigenvalue weighted by molar-refractivity contribution is 5.89. The van der Waals surface area contributed by atoms with Crippen molar-refractivity contribution in [3.63, 3.8) is 0 Å². The SMILES string of the molecule is CC1=C2COC=C2CC(=O)C1CCN1CCC(C(=O)OC(C)(C)C)CC1. The summed E-state index contributed by atoms with van der Waals surface area (Å²) in [5.74, 6) is 0.272. The lowest BCUT2D eigenvalue weighted by Crippen LogP contribution is -2.40. The monoisotopic (exact) mass is 361 g/mol. The van der Waals surface area contributed by atoms with Crippen molar-refractivity contribution in [3.05, 3.63) is 23.0 Å². The molecular weight excluding hydrogens is 330 g/mol. The molecule has 0 N–H and O–H groups in total. The Morgan fingerprint density at radius 1 is 1.31 bits per heavy atom. The molecule has 1 aliphatic carbocycles. The average Bonchev–Trinajstić information content (AvgIpc) is 3.02. The van der Waals surface area contributed by atoms with E-state index in [1.807, 2.05) is 20.8 Å². The van der Waals surface area contributed by atoms with Gasteiger partial charge in [-0.05, 0) is 72.2 Å². The first-order valence-electron chi connectivity index (χ1n) is 9.73. The molecule has 1 unspecified atom stereocenters. The van der Waals surface area contributed by atoms with Gasteiger partial charge in [0.05, 0.1) is 12.2 Å². The zero-order valence-corrected chi connectivity index (χ0v) is 16.5. The summed E-state index contributed by atoms with van der Waals surface area (Å²) in [6, 6.07) is 0. The van der Waals surface area contributed by atoms with Crippen LogP contribution in [0.15, 0.2) is 23.0 Å². The molecule has 2 heterocycles. The van der Waals surface area contributed by atoms with Gasteiger partial charge in [0.25, 0.3) is 0 Å². The molecule has 0 bridgehead atoms. The van der Waals surface area contributed by atoms with Crippen molar-refractivity contribution in [1.29, 1.82) is 0 Å². The molecule has 26 heavy (non-hydrogen) atoms. The van der Waals surface area contributed by atoms with Gasteiger partial charge < -0.3 is 14.4 Å². The van der Waals surface area contributed by atoms with Crippen molar-refractivity contribution >= 4 is 11.8 Å². The van der Waals surface area contributed by atoms with Gasteiger partial charge in [-0.2, -0.15) is 0 Å². The first-order chi connectivity index (χ1) is 12.2. The van der Waals surface area contributed by atoms with E-state index in [9.17, 15) is 9.59 Å². The molecule has 5 nitrogen and oxygen atoms in total. The van der Waals surface area contributed by atoms with Crippen LogP contribution in [0, 0.1) is 11.8 Å². The Morgan fingerprint density at radius 2 is 2.00 bits per heavy atom. The van der Waals surface area contributed by atoms with Gasteiger partial charge in [-0.1, -0.05) is 5.57 Å². The lowest BCUT2D eigenvalue weighted by atomic mass is 9.79. The highest BCUT2D eigenvalue weighted by Gasteiger charge is 2.34. The number of rotatable bonds is 4. The number of carbonyl (C=O) groups is 2. The van der Waals surface area contributed by atoms with Crippen molar-refractivity contribution in [3.8, 4) is 0 Å². The molecule has 144 valence electrons. The molecule has 0 radical (unpaired) electrons. The number of hydrogen-bond donors (Lipinski definition) is 0. The van der Waals surface area contributed by atoms with E-state index in [0.29, 0.717) is 18.8 Å². The Labute approximate surface area is 156 Å². The summed E-state index contributed by atoms with van der Waals surface area (Å²) in [5.41, 5.74) is 3.08. The molecule has 3 aliphatic rings. The predicted molar refractivity (Wildman–Crippen MR) is 99.5 cm³/mol. The van der Waals surface area contributed by atoms with E-state index in [1.165, 1.54) is 11.1 Å². The van der Waals surface area contributed by atoms with E-state index in [1.54, 1.807) is 6.26 Å². The lowest BCUT2D eigenvalue weighted by molar-refractivity contribution is -0.161. The van der Waals surface area contributed by atoms with Gasteiger partial charge in [0.1, 0.15) is 18.0 Å². The topological polar surface area (TPSA) is 55.8 Å². The molecule has 5 heteroatoms. The molecule has 3 rings (SSSR count). The molecule has 0 aromatic carbocycles. The Balaban J connectivity index is 1.48. The second-order valence-electron chi connectivity index (χ2n) is 8.75. The van der Waals surface area contributed by atoms with E-state index < -0.39 is 5.60 Å². The Bertz CT molecular complexity index is 633. The zero-order valence-electron chi connectivity index (χ0n) is 16.5. The number of Topliss-reactive ketones (excluding diaryl/α,β-unsaturated/α-hetero) is 1. The molecule has 2 aliphatic heterocycles. The number of piperidine rings is 1. The van der Waals surface area contributed by atoms with Gasteiger partial charge in [0.2, 0.25) is 0 Å². The minimum Gasteiger partial charge on any atom is -0.496 e. The van der Waals surface area contributed by atoms with Crippen LogP contribution in [0.5, 0.6) is 0 Å². The van der Waals surface area contributed by atoms with Crippen molar-refractivity contribution < 1.29 is 19.1 Å². The maximum Gasteiger partial charge on any atom is 0.309 e. The predicted octanol–water partition coefficient (Wildman–Crippen LogP) is 3.25. The van der Waals surface area contributed by atoms with Crippen LogP contribution in [0.1, 0.15) is 53.4 Å². The second kappa shape index (κ2) is 7.55. The van der Waals surface area contributed by atoms with Gasteiger partial charge in [-0.3, -0.25) is 9.59 Å². The molecule has 0 amide bonds. The van der Waals surface area contributed by atoms with Crippen LogP contribution in [0.3, 0.4) is 0 Å². The van der Waals surface area contributed by atoms with Crippen molar-refractivity contribution in [1.82, 2.24) is 4.90 Å². The smallest absolute Gasteiger partial charge is 0.309 e. The number of esters is 1. The van der Waals surface area contributed by atoms with Gasteiger partial charge in [-0.25, -0.2) is 0 Å². The number of carbonyl (C=O) groups excluding carboxylic acids is 2. The maximum absolute atomic E-state index is 12.5. The Kier molecular flexibility index (Phi) is 5.56. The third-order valence-corrected chi connectivity index (χ3v) is 5.65. The number of ether oxygens (including phenoxy) is 2. The highest BCUT2D eigenvalue weighted by Crippen LogP contribution is 2.36. The van der Waals surface area contributed by atoms with Crippen LogP contribution in [0.25, 0.3) is 0 Å². The first-order valence-corrected chi connectivity index (χ1v) is 9.73. The van der Waals surface area contributed by atoms with Crippen molar-refractivity contribution in [2.24, 2.45) is 11.8 Å². The minimum atomic E-state index is -0.419. The number of nitrogens with zero attached hydrogens (tertiary/aromatic N) is 1. The van der Waals surface area contributed by atoms with Crippen LogP contribution in [0.2, 0.25) is 0 Å². The summed E-state index contributed by atoms with van der Waals surface area (Å²) in [5, 5.41) is 0. The van der Waals surface area contributed by atoms with Crippen LogP contribution in [-0.2, 0) is 19.1 Å². The summed E-state index contributed by atoms with van der Waals surface area (Å²) < 4.78 is 10.9. The first kappa shape index (κ1) is 19.2. The fourth-order valence-corrected chi connectivity index (χ4v) is 4.13. The van der Waals surface area contributed by atoms with Crippen LogP contribution in [-0.4, -0.2) is 48.5 Å². The van der Waals surface area contributed by atoms with Crippen molar-refractivity contribution in [2.45, 2.75) is 59.0 Å². The number of fused-ring (bicyclic) bond motifs is 1. The molecule has 1 fully saturated rings. The van der Waals surface area contributed by atoms with E-state index in [-0.39, 0.29) is 17.8 Å². The third-order valence-electron chi connectivity index (χ3n) is 5.65. The lowest BCUT2D eigenvalue weighted by Gasteiger charge is -2.33. The summed E-state index contributed by atoms with van der Waals surface area (Å²) in [6.07, 6.45) is 4.80. The standard InChI is InChI=1S/C21H31NO4/c1-14-17(19(23)11-16-12-25-13-18(14)16)7-10-22-8-5-15(6-9-22)20(24)26-21(2,3)4/h12,15,17H,5-11,13H2,1-4H3.